The third kappa shape index (κ3) is 2.48. The predicted octanol–water partition coefficient (Wildman–Crippen LogP) is 1.88. The van der Waals surface area contributed by atoms with E-state index < -0.39 is 0 Å². The molecular weight excluding hydrogens is 174 g/mol. The topological polar surface area (TPSA) is 23.5 Å². The summed E-state index contributed by atoms with van der Waals surface area (Å²) in [7, 11) is 0. The van der Waals surface area contributed by atoms with E-state index in [2.05, 4.69) is 11.8 Å². The Hall–Kier alpha value is -0.0800. The van der Waals surface area contributed by atoms with Gasteiger partial charge in [0, 0.05) is 19.6 Å². The van der Waals surface area contributed by atoms with Crippen LogP contribution >= 0.6 is 0 Å². The molecule has 0 unspecified atom stereocenters. The van der Waals surface area contributed by atoms with E-state index in [1.54, 1.807) is 0 Å². The van der Waals surface area contributed by atoms with Crippen LogP contribution < -0.4 is 0 Å². The van der Waals surface area contributed by atoms with E-state index in [1.807, 2.05) is 0 Å². The van der Waals surface area contributed by atoms with E-state index in [4.69, 9.17) is 0 Å². The maximum absolute atomic E-state index is 9.40. The van der Waals surface area contributed by atoms with Crippen molar-refractivity contribution in [2.75, 3.05) is 19.6 Å². The zero-order valence-corrected chi connectivity index (χ0v) is 9.28. The first kappa shape index (κ1) is 10.4. The van der Waals surface area contributed by atoms with Gasteiger partial charge in [0.05, 0.1) is 6.10 Å². The van der Waals surface area contributed by atoms with Gasteiger partial charge in [-0.2, -0.15) is 0 Å². The molecular formula is C12H23NO. The third-order valence-electron chi connectivity index (χ3n) is 3.94. The molecule has 1 N–H and O–H groups in total. The zero-order chi connectivity index (χ0) is 9.97. The third-order valence-corrected chi connectivity index (χ3v) is 3.94. The molecule has 0 aromatic rings. The molecule has 0 atom stereocenters. The van der Waals surface area contributed by atoms with Gasteiger partial charge in [-0.3, -0.25) is 0 Å². The molecule has 1 saturated heterocycles. The summed E-state index contributed by atoms with van der Waals surface area (Å²) >= 11 is 0. The zero-order valence-electron chi connectivity index (χ0n) is 9.28. The first-order chi connectivity index (χ1) is 6.78. The van der Waals surface area contributed by atoms with Crippen LogP contribution in [0.5, 0.6) is 0 Å². The van der Waals surface area contributed by atoms with E-state index >= 15 is 0 Å². The highest BCUT2D eigenvalue weighted by molar-refractivity contribution is 4.82. The van der Waals surface area contributed by atoms with E-state index in [1.165, 1.54) is 38.9 Å². The molecule has 0 aromatic heterocycles. The quantitative estimate of drug-likeness (QED) is 0.746. The Morgan fingerprint density at radius 2 is 1.71 bits per heavy atom. The summed E-state index contributed by atoms with van der Waals surface area (Å²) in [6, 6.07) is 0. The Balaban J connectivity index is 1.62. The minimum Gasteiger partial charge on any atom is -0.393 e. The van der Waals surface area contributed by atoms with Crippen molar-refractivity contribution < 1.29 is 5.11 Å². The van der Waals surface area contributed by atoms with Gasteiger partial charge in [-0.15, -0.1) is 0 Å². The number of nitrogens with zero attached hydrogens (tertiary/aromatic N) is 1. The predicted molar refractivity (Wildman–Crippen MR) is 58.2 cm³/mol. The summed E-state index contributed by atoms with van der Waals surface area (Å²) in [4.78, 5) is 2.59. The van der Waals surface area contributed by atoms with Crippen LogP contribution in [-0.4, -0.2) is 35.7 Å². The largest absolute Gasteiger partial charge is 0.393 e. The lowest BCUT2D eigenvalue weighted by atomic mass is 9.85. The van der Waals surface area contributed by atoms with Crippen LogP contribution in [0.1, 0.15) is 39.0 Å². The number of hydrogen-bond donors (Lipinski definition) is 1. The van der Waals surface area contributed by atoms with Crippen LogP contribution in [0, 0.1) is 11.8 Å². The van der Waals surface area contributed by atoms with Crippen molar-refractivity contribution in [2.45, 2.75) is 45.1 Å². The van der Waals surface area contributed by atoms with Crippen molar-refractivity contribution in [1.82, 2.24) is 4.90 Å². The molecule has 0 aromatic carbocycles. The van der Waals surface area contributed by atoms with Crippen LogP contribution in [0.4, 0.5) is 0 Å². The summed E-state index contributed by atoms with van der Waals surface area (Å²) in [5, 5.41) is 9.40. The molecule has 2 fully saturated rings. The molecule has 1 saturated carbocycles. The van der Waals surface area contributed by atoms with E-state index in [-0.39, 0.29) is 6.10 Å². The maximum atomic E-state index is 9.40. The van der Waals surface area contributed by atoms with Crippen LogP contribution in [0.2, 0.25) is 0 Å². The van der Waals surface area contributed by atoms with Gasteiger partial charge in [0.2, 0.25) is 0 Å². The van der Waals surface area contributed by atoms with Crippen LogP contribution in [-0.2, 0) is 0 Å². The van der Waals surface area contributed by atoms with Crippen LogP contribution in [0.3, 0.4) is 0 Å². The van der Waals surface area contributed by atoms with Crippen LogP contribution in [0.25, 0.3) is 0 Å². The number of hydrogen-bond acceptors (Lipinski definition) is 2. The van der Waals surface area contributed by atoms with Gasteiger partial charge in [0.25, 0.3) is 0 Å². The first-order valence-electron chi connectivity index (χ1n) is 6.18. The Morgan fingerprint density at radius 3 is 2.29 bits per heavy atom. The van der Waals surface area contributed by atoms with E-state index in [0.717, 1.165) is 24.7 Å². The number of aliphatic hydroxyl groups is 1. The molecule has 14 heavy (non-hydrogen) atoms. The highest BCUT2D eigenvalue weighted by Gasteiger charge is 2.28. The fourth-order valence-corrected chi connectivity index (χ4v) is 2.78. The number of aliphatic hydroxyl groups excluding tert-OH is 1. The lowest BCUT2D eigenvalue weighted by Crippen LogP contribution is -2.48. The van der Waals surface area contributed by atoms with Gasteiger partial charge in [-0.25, -0.2) is 0 Å². The molecule has 0 bridgehead atoms. The fraction of sp³-hybridized carbons (Fsp3) is 1.00. The summed E-state index contributed by atoms with van der Waals surface area (Å²) in [5.74, 6) is 1.85. The van der Waals surface area contributed by atoms with Crippen molar-refractivity contribution in [3.8, 4) is 0 Å². The normalized spacial score (nSPS) is 35.6. The molecule has 0 amide bonds. The Bertz CT molecular complexity index is 169. The van der Waals surface area contributed by atoms with Gasteiger partial charge in [-0.05, 0) is 37.5 Å². The SMILES string of the molecule is CCC1CN(CC2CCC(O)CC2)C1. The van der Waals surface area contributed by atoms with Crippen LogP contribution in [0.15, 0.2) is 0 Å². The van der Waals surface area contributed by atoms with Gasteiger partial charge < -0.3 is 10.0 Å². The van der Waals surface area contributed by atoms with Gasteiger partial charge in [0.15, 0.2) is 0 Å². The highest BCUT2D eigenvalue weighted by atomic mass is 16.3. The second kappa shape index (κ2) is 4.63. The average Bonchev–Trinajstić information content (AvgIpc) is 2.13. The first-order valence-corrected chi connectivity index (χ1v) is 6.18. The molecule has 82 valence electrons. The van der Waals surface area contributed by atoms with E-state index in [9.17, 15) is 5.11 Å². The summed E-state index contributed by atoms with van der Waals surface area (Å²) in [6.07, 6.45) is 5.92. The minimum atomic E-state index is 0.00558. The molecule has 2 aliphatic rings. The number of likely N-dealkylation sites (tertiary alicyclic amines) is 1. The molecule has 2 heteroatoms. The second-order valence-corrected chi connectivity index (χ2v) is 5.17. The minimum absolute atomic E-state index is 0.00558. The average molecular weight is 197 g/mol. The molecule has 0 spiro atoms. The van der Waals surface area contributed by atoms with Crippen molar-refractivity contribution in [1.29, 1.82) is 0 Å². The Morgan fingerprint density at radius 1 is 1.07 bits per heavy atom. The molecule has 1 aliphatic heterocycles. The molecule has 1 aliphatic carbocycles. The molecule has 0 radical (unpaired) electrons. The van der Waals surface area contributed by atoms with Crippen molar-refractivity contribution in [3.63, 3.8) is 0 Å². The standard InChI is InChI=1S/C12H23NO/c1-2-10-7-13(8-10)9-11-3-5-12(14)6-4-11/h10-12,14H,2-9H2,1H3. The lowest BCUT2D eigenvalue weighted by Gasteiger charge is -2.41. The summed E-state index contributed by atoms with van der Waals surface area (Å²) in [6.45, 7) is 6.24. The van der Waals surface area contributed by atoms with E-state index in [0.29, 0.717) is 0 Å². The molecule has 2 nitrogen and oxygen atoms in total. The monoisotopic (exact) mass is 197 g/mol. The fourth-order valence-electron chi connectivity index (χ4n) is 2.78. The van der Waals surface area contributed by atoms with Gasteiger partial charge >= 0.3 is 0 Å². The molecule has 1 heterocycles. The maximum Gasteiger partial charge on any atom is 0.0540 e. The van der Waals surface area contributed by atoms with Crippen molar-refractivity contribution in [2.24, 2.45) is 11.8 Å². The smallest absolute Gasteiger partial charge is 0.0540 e. The Kier molecular flexibility index (Phi) is 3.45. The Labute approximate surface area is 87.3 Å². The molecule has 2 rings (SSSR count). The number of rotatable bonds is 3. The second-order valence-electron chi connectivity index (χ2n) is 5.17. The van der Waals surface area contributed by atoms with Crippen molar-refractivity contribution in [3.05, 3.63) is 0 Å². The summed E-state index contributed by atoms with van der Waals surface area (Å²) in [5.41, 5.74) is 0. The van der Waals surface area contributed by atoms with Crippen molar-refractivity contribution >= 4 is 0 Å². The highest BCUT2D eigenvalue weighted by Crippen LogP contribution is 2.28. The van der Waals surface area contributed by atoms with Gasteiger partial charge in [0.1, 0.15) is 0 Å². The van der Waals surface area contributed by atoms with Gasteiger partial charge in [-0.1, -0.05) is 13.3 Å². The lowest BCUT2D eigenvalue weighted by molar-refractivity contribution is 0.0497. The summed E-state index contributed by atoms with van der Waals surface area (Å²) < 4.78 is 0.